The van der Waals surface area contributed by atoms with Crippen LogP contribution in [0.2, 0.25) is 0 Å². The Morgan fingerprint density at radius 3 is 1.78 bits per heavy atom. The van der Waals surface area contributed by atoms with Crippen LogP contribution < -0.4 is 4.18 Å². The number of imide groups is 1. The Morgan fingerprint density at radius 1 is 0.852 bits per heavy atom. The van der Waals surface area contributed by atoms with E-state index in [9.17, 15) is 35.8 Å². The maximum absolute atomic E-state index is 13.5. The molecule has 0 aliphatic carbocycles. The highest BCUT2D eigenvalue weighted by atomic mass is 32.2. The number of carbonyl (C=O) groups is 2. The average molecular weight is 413 g/mol. The summed E-state index contributed by atoms with van der Waals surface area (Å²) in [7, 11) is 0. The van der Waals surface area contributed by atoms with Crippen molar-refractivity contribution < 1.29 is 49.0 Å². The van der Waals surface area contributed by atoms with Crippen LogP contribution in [0, 0.1) is 40.9 Å². The lowest BCUT2D eigenvalue weighted by Gasteiger charge is -2.15. The highest BCUT2D eigenvalue weighted by Gasteiger charge is 2.63. The number of carbonyl (C=O) groups excluding carboxylic acids is 2. The molecule has 0 N–H and O–H groups in total. The van der Waals surface area contributed by atoms with Crippen molar-refractivity contribution in [3.05, 3.63) is 29.1 Å². The van der Waals surface area contributed by atoms with Gasteiger partial charge in [-0.05, 0) is 12.8 Å². The van der Waals surface area contributed by atoms with Gasteiger partial charge in [-0.3, -0.25) is 9.59 Å². The zero-order valence-electron chi connectivity index (χ0n) is 12.9. The first kappa shape index (κ1) is 18.3. The number of amides is 2. The number of hydroxylamine groups is 2. The van der Waals surface area contributed by atoms with E-state index in [-0.39, 0.29) is 5.06 Å². The van der Waals surface area contributed by atoms with Gasteiger partial charge in [0.25, 0.3) is 11.8 Å². The minimum Gasteiger partial charge on any atom is -0.373 e. The zero-order chi connectivity index (χ0) is 19.6. The molecular formula is C14H8F5NO6S. The van der Waals surface area contributed by atoms with Crippen LogP contribution in [0.3, 0.4) is 0 Å². The van der Waals surface area contributed by atoms with Gasteiger partial charge in [0.05, 0.1) is 24.0 Å². The number of hydrogen-bond donors (Lipinski definition) is 0. The van der Waals surface area contributed by atoms with Crippen molar-refractivity contribution in [2.45, 2.75) is 25.0 Å². The van der Waals surface area contributed by atoms with Crippen LogP contribution in [-0.2, 0) is 30.0 Å². The molecule has 2 bridgehead atoms. The summed E-state index contributed by atoms with van der Waals surface area (Å²) in [6.45, 7) is 0. The molecule has 0 spiro atoms. The Hall–Kier alpha value is -2.12. The minimum absolute atomic E-state index is 0.116. The molecule has 5 unspecified atom stereocenters. The average Bonchev–Trinajstić information content (AvgIpc) is 3.32. The molecule has 3 aliphatic heterocycles. The summed E-state index contributed by atoms with van der Waals surface area (Å²) >= 11 is -3.25. The Kier molecular flexibility index (Phi) is 4.20. The monoisotopic (exact) mass is 413 g/mol. The smallest absolute Gasteiger partial charge is 0.373 e. The second-order valence-corrected chi connectivity index (χ2v) is 6.80. The van der Waals surface area contributed by atoms with E-state index in [2.05, 4.69) is 8.47 Å². The largest absolute Gasteiger partial charge is 0.384 e. The van der Waals surface area contributed by atoms with E-state index in [1.54, 1.807) is 0 Å². The summed E-state index contributed by atoms with van der Waals surface area (Å²) < 4.78 is 92.1. The number of fused-ring (bicyclic) bond motifs is 5. The van der Waals surface area contributed by atoms with Gasteiger partial charge >= 0.3 is 11.4 Å². The van der Waals surface area contributed by atoms with Crippen LogP contribution in [0.15, 0.2) is 0 Å². The SMILES string of the molecule is O=C1C2C3CCC(O3)C2C(=O)N1OS(=O)Oc1c(F)c(F)c(F)c(F)c1F. The van der Waals surface area contributed by atoms with E-state index in [0.717, 1.165) is 0 Å². The normalized spacial score (nSPS) is 30.2. The summed E-state index contributed by atoms with van der Waals surface area (Å²) in [6.07, 6.45) is 0.0789. The molecule has 146 valence electrons. The van der Waals surface area contributed by atoms with Gasteiger partial charge < -0.3 is 8.92 Å². The van der Waals surface area contributed by atoms with Gasteiger partial charge in [-0.15, -0.1) is 9.35 Å². The second kappa shape index (κ2) is 6.21. The molecule has 5 atom stereocenters. The first-order chi connectivity index (χ1) is 12.7. The lowest BCUT2D eigenvalue weighted by Crippen LogP contribution is -2.35. The van der Waals surface area contributed by atoms with Gasteiger partial charge in [-0.1, -0.05) is 0 Å². The van der Waals surface area contributed by atoms with Crippen LogP contribution in [-0.4, -0.2) is 33.3 Å². The lowest BCUT2D eigenvalue weighted by atomic mass is 9.81. The van der Waals surface area contributed by atoms with Crippen LogP contribution >= 0.6 is 0 Å². The highest BCUT2D eigenvalue weighted by molar-refractivity contribution is 7.75. The third-order valence-corrected chi connectivity index (χ3v) is 5.27. The molecule has 0 saturated carbocycles. The van der Waals surface area contributed by atoms with Crippen molar-refractivity contribution in [2.24, 2.45) is 11.8 Å². The summed E-state index contributed by atoms with van der Waals surface area (Å²) in [5.74, 6) is -17.2. The standard InChI is InChI=1S/C14H8F5NO6S/c15-7-8(16)10(18)12(11(19)9(7)17)25-27(23)26-20-13(21)5-3-1-2-4(24-3)6(5)14(20)22/h3-6H,1-2H2. The van der Waals surface area contributed by atoms with E-state index in [4.69, 9.17) is 4.74 Å². The van der Waals surface area contributed by atoms with E-state index in [1.165, 1.54) is 0 Å². The third-order valence-electron chi connectivity index (χ3n) is 4.70. The lowest BCUT2D eigenvalue weighted by molar-refractivity contribution is -0.168. The fourth-order valence-electron chi connectivity index (χ4n) is 3.56. The number of ether oxygens (including phenoxy) is 1. The van der Waals surface area contributed by atoms with Crippen LogP contribution in [0.4, 0.5) is 22.0 Å². The first-order valence-corrected chi connectivity index (χ1v) is 8.55. The Labute approximate surface area is 149 Å². The topological polar surface area (TPSA) is 82.1 Å². The summed E-state index contributed by atoms with van der Waals surface area (Å²) in [5, 5.41) is 0.116. The molecule has 27 heavy (non-hydrogen) atoms. The van der Waals surface area contributed by atoms with Crippen molar-refractivity contribution in [3.8, 4) is 5.75 Å². The highest BCUT2D eigenvalue weighted by Crippen LogP contribution is 2.48. The molecule has 3 aliphatic rings. The molecule has 3 heterocycles. The molecule has 3 saturated heterocycles. The summed E-state index contributed by atoms with van der Waals surface area (Å²) in [5.41, 5.74) is 0. The molecule has 1 aromatic rings. The Balaban J connectivity index is 1.53. The molecule has 0 aromatic heterocycles. The van der Waals surface area contributed by atoms with Gasteiger partial charge in [-0.25, -0.2) is 13.2 Å². The molecule has 0 radical (unpaired) electrons. The van der Waals surface area contributed by atoms with Gasteiger partial charge in [-0.2, -0.15) is 13.0 Å². The van der Waals surface area contributed by atoms with Gasteiger partial charge in [0, 0.05) is 0 Å². The molecule has 13 heteroatoms. The van der Waals surface area contributed by atoms with Gasteiger partial charge in [0.15, 0.2) is 0 Å². The number of hydrogen-bond acceptors (Lipinski definition) is 6. The molecule has 7 nitrogen and oxygen atoms in total. The van der Waals surface area contributed by atoms with Crippen LogP contribution in [0.5, 0.6) is 5.75 Å². The number of nitrogens with zero attached hydrogens (tertiary/aromatic N) is 1. The van der Waals surface area contributed by atoms with Gasteiger partial charge in [0.1, 0.15) is 0 Å². The summed E-state index contributed by atoms with van der Waals surface area (Å²) in [4.78, 5) is 24.5. The van der Waals surface area contributed by atoms with Crippen LogP contribution in [0.25, 0.3) is 0 Å². The molecule has 4 rings (SSSR count). The quantitative estimate of drug-likeness (QED) is 0.322. The number of rotatable bonds is 4. The predicted octanol–water partition coefficient (Wildman–Crippen LogP) is 1.43. The Morgan fingerprint density at radius 2 is 1.30 bits per heavy atom. The van der Waals surface area contributed by atoms with Crippen LogP contribution in [0.1, 0.15) is 12.8 Å². The second-order valence-electron chi connectivity index (χ2n) is 6.07. The van der Waals surface area contributed by atoms with Crippen molar-refractivity contribution in [3.63, 3.8) is 0 Å². The van der Waals surface area contributed by atoms with E-state index < -0.39 is 82.1 Å². The van der Waals surface area contributed by atoms with Crippen molar-refractivity contribution in [1.82, 2.24) is 5.06 Å². The van der Waals surface area contributed by atoms with Crippen molar-refractivity contribution >= 4 is 23.2 Å². The maximum atomic E-state index is 13.5. The van der Waals surface area contributed by atoms with Gasteiger partial charge in [0.2, 0.25) is 34.8 Å². The Bertz CT molecular complexity index is 840. The maximum Gasteiger partial charge on any atom is 0.384 e. The third kappa shape index (κ3) is 2.56. The first-order valence-electron chi connectivity index (χ1n) is 7.55. The minimum atomic E-state index is -3.25. The van der Waals surface area contributed by atoms with Crippen molar-refractivity contribution in [2.75, 3.05) is 0 Å². The molecule has 3 fully saturated rings. The predicted molar refractivity (Wildman–Crippen MR) is 72.8 cm³/mol. The summed E-state index contributed by atoms with van der Waals surface area (Å²) in [6, 6.07) is 0. The molecular weight excluding hydrogens is 405 g/mol. The van der Waals surface area contributed by atoms with Crippen molar-refractivity contribution in [1.29, 1.82) is 0 Å². The fraction of sp³-hybridized carbons (Fsp3) is 0.429. The molecule has 2 amide bonds. The fourth-order valence-corrected chi connectivity index (χ4v) is 4.14. The number of benzene rings is 1. The zero-order valence-corrected chi connectivity index (χ0v) is 13.7. The van der Waals surface area contributed by atoms with E-state index in [0.29, 0.717) is 12.8 Å². The molecule has 1 aromatic carbocycles. The van der Waals surface area contributed by atoms with E-state index >= 15 is 0 Å². The van der Waals surface area contributed by atoms with E-state index in [1.807, 2.05) is 0 Å². The number of halogens is 5.